The number of nitrogens with two attached hydrogens (primary N) is 1. The maximum absolute atomic E-state index is 5.88. The van der Waals surface area contributed by atoms with Crippen LogP contribution >= 0.6 is 23.5 Å². The first-order valence-corrected chi connectivity index (χ1v) is 9.34. The molecule has 1 heterocycles. The zero-order valence-electron chi connectivity index (χ0n) is 11.9. The fourth-order valence-electron chi connectivity index (χ4n) is 3.19. The Morgan fingerprint density at radius 2 is 1.72 bits per heavy atom. The topological polar surface area (TPSA) is 38.0 Å². The standard InChI is InChI=1S/C14H28N2S2/c1-9-4-6-12(7-5-9)14(16-15)13-8-17-10(2)11(3)18-13/h9-14,16H,4-8,15H2,1-3H3. The molecule has 2 aliphatic rings. The summed E-state index contributed by atoms with van der Waals surface area (Å²) in [5, 5.41) is 2.24. The van der Waals surface area contributed by atoms with Crippen molar-refractivity contribution in [1.29, 1.82) is 0 Å². The highest BCUT2D eigenvalue weighted by Gasteiger charge is 2.36. The van der Waals surface area contributed by atoms with Gasteiger partial charge in [-0.1, -0.05) is 33.6 Å². The molecule has 106 valence electrons. The molecule has 0 aromatic rings. The fourth-order valence-corrected chi connectivity index (χ4v) is 6.38. The molecule has 0 aromatic heterocycles. The number of hydrogen-bond donors (Lipinski definition) is 2. The number of rotatable bonds is 3. The van der Waals surface area contributed by atoms with Gasteiger partial charge in [-0.15, -0.1) is 0 Å². The summed E-state index contributed by atoms with van der Waals surface area (Å²) in [6, 6.07) is 0.518. The molecule has 0 aromatic carbocycles. The van der Waals surface area contributed by atoms with Crippen molar-refractivity contribution >= 4 is 23.5 Å². The highest BCUT2D eigenvalue weighted by molar-refractivity contribution is 8.07. The number of nitrogens with one attached hydrogen (secondary N) is 1. The van der Waals surface area contributed by atoms with Gasteiger partial charge in [-0.2, -0.15) is 23.5 Å². The van der Waals surface area contributed by atoms with Gasteiger partial charge in [-0.25, -0.2) is 0 Å². The lowest BCUT2D eigenvalue weighted by molar-refractivity contribution is 0.230. The summed E-state index contributed by atoms with van der Waals surface area (Å²) in [6.45, 7) is 7.10. The van der Waals surface area contributed by atoms with Gasteiger partial charge in [0.25, 0.3) is 0 Å². The van der Waals surface area contributed by atoms with Crippen LogP contribution in [0.4, 0.5) is 0 Å². The third-order valence-corrected chi connectivity index (χ3v) is 8.25. The Hall–Kier alpha value is 0.620. The molecule has 0 spiro atoms. The van der Waals surface area contributed by atoms with Gasteiger partial charge in [0.05, 0.1) is 0 Å². The molecular formula is C14H28N2S2. The Morgan fingerprint density at radius 3 is 2.28 bits per heavy atom. The minimum Gasteiger partial charge on any atom is -0.271 e. The third-order valence-electron chi connectivity index (χ3n) is 4.74. The van der Waals surface area contributed by atoms with E-state index in [-0.39, 0.29) is 0 Å². The average molecular weight is 289 g/mol. The SMILES string of the molecule is CC1CCC(C(NN)C2CSC(C)C(C)S2)CC1. The van der Waals surface area contributed by atoms with Crippen LogP contribution in [-0.4, -0.2) is 27.5 Å². The highest BCUT2D eigenvalue weighted by Crippen LogP contribution is 2.41. The monoisotopic (exact) mass is 288 g/mol. The predicted octanol–water partition coefficient (Wildman–Crippen LogP) is 3.27. The van der Waals surface area contributed by atoms with Gasteiger partial charge in [-0.3, -0.25) is 11.3 Å². The van der Waals surface area contributed by atoms with E-state index in [2.05, 4.69) is 49.7 Å². The Bertz CT molecular complexity index is 254. The fraction of sp³-hybridized carbons (Fsp3) is 1.00. The minimum absolute atomic E-state index is 0.518. The summed E-state index contributed by atoms with van der Waals surface area (Å²) in [5.41, 5.74) is 3.16. The van der Waals surface area contributed by atoms with Crippen LogP contribution in [0.25, 0.3) is 0 Å². The summed E-state index contributed by atoms with van der Waals surface area (Å²) in [4.78, 5) is 0. The van der Waals surface area contributed by atoms with Crippen LogP contribution in [0.15, 0.2) is 0 Å². The van der Waals surface area contributed by atoms with E-state index in [1.165, 1.54) is 31.4 Å². The molecule has 2 rings (SSSR count). The first kappa shape index (κ1) is 15.0. The average Bonchev–Trinajstić information content (AvgIpc) is 2.37. The first-order valence-electron chi connectivity index (χ1n) is 7.35. The van der Waals surface area contributed by atoms with Gasteiger partial charge in [0.1, 0.15) is 0 Å². The van der Waals surface area contributed by atoms with E-state index >= 15 is 0 Å². The van der Waals surface area contributed by atoms with Crippen LogP contribution in [0.5, 0.6) is 0 Å². The lowest BCUT2D eigenvalue weighted by atomic mass is 9.78. The number of thioether (sulfide) groups is 2. The van der Waals surface area contributed by atoms with E-state index in [0.29, 0.717) is 11.3 Å². The van der Waals surface area contributed by atoms with Gasteiger partial charge in [0.15, 0.2) is 0 Å². The van der Waals surface area contributed by atoms with Crippen molar-refractivity contribution in [3.63, 3.8) is 0 Å². The molecule has 1 aliphatic heterocycles. The Kier molecular flexibility index (Phi) is 5.73. The van der Waals surface area contributed by atoms with E-state index in [0.717, 1.165) is 22.3 Å². The van der Waals surface area contributed by atoms with Crippen molar-refractivity contribution in [2.75, 3.05) is 5.75 Å². The molecule has 4 atom stereocenters. The molecule has 1 saturated heterocycles. The maximum Gasteiger partial charge on any atom is 0.0365 e. The van der Waals surface area contributed by atoms with E-state index in [9.17, 15) is 0 Å². The molecule has 0 amide bonds. The van der Waals surface area contributed by atoms with E-state index in [4.69, 9.17) is 5.84 Å². The zero-order chi connectivity index (χ0) is 13.1. The van der Waals surface area contributed by atoms with E-state index in [1.54, 1.807) is 0 Å². The van der Waals surface area contributed by atoms with Crippen molar-refractivity contribution in [2.24, 2.45) is 17.7 Å². The summed E-state index contributed by atoms with van der Waals surface area (Å²) >= 11 is 4.28. The minimum atomic E-state index is 0.518. The van der Waals surface area contributed by atoms with Crippen LogP contribution in [-0.2, 0) is 0 Å². The summed E-state index contributed by atoms with van der Waals surface area (Å²) < 4.78 is 0. The van der Waals surface area contributed by atoms with Crippen LogP contribution in [0.1, 0.15) is 46.5 Å². The number of hydrogen-bond acceptors (Lipinski definition) is 4. The van der Waals surface area contributed by atoms with Gasteiger partial charge in [0.2, 0.25) is 0 Å². The third kappa shape index (κ3) is 3.59. The zero-order valence-corrected chi connectivity index (χ0v) is 13.5. The molecular weight excluding hydrogens is 260 g/mol. The Morgan fingerprint density at radius 1 is 1.06 bits per heavy atom. The summed E-state index contributed by atoms with van der Waals surface area (Å²) in [5.74, 6) is 8.86. The molecule has 1 saturated carbocycles. The van der Waals surface area contributed by atoms with Crippen LogP contribution in [0, 0.1) is 11.8 Å². The Labute approximate surface area is 121 Å². The molecule has 4 heteroatoms. The molecule has 2 nitrogen and oxygen atoms in total. The van der Waals surface area contributed by atoms with Crippen molar-refractivity contribution in [3.05, 3.63) is 0 Å². The summed E-state index contributed by atoms with van der Waals surface area (Å²) in [7, 11) is 0. The molecule has 4 unspecified atom stereocenters. The normalized spacial score (nSPS) is 43.7. The lowest BCUT2D eigenvalue weighted by Crippen LogP contribution is -2.51. The van der Waals surface area contributed by atoms with Crippen molar-refractivity contribution in [1.82, 2.24) is 5.43 Å². The second-order valence-electron chi connectivity index (χ2n) is 6.13. The van der Waals surface area contributed by atoms with Crippen molar-refractivity contribution in [2.45, 2.75) is 68.2 Å². The molecule has 0 bridgehead atoms. The van der Waals surface area contributed by atoms with E-state index in [1.807, 2.05) is 0 Å². The van der Waals surface area contributed by atoms with Gasteiger partial charge in [-0.05, 0) is 24.7 Å². The molecule has 18 heavy (non-hydrogen) atoms. The van der Waals surface area contributed by atoms with Crippen LogP contribution in [0.3, 0.4) is 0 Å². The highest BCUT2D eigenvalue weighted by atomic mass is 32.2. The van der Waals surface area contributed by atoms with Crippen molar-refractivity contribution < 1.29 is 0 Å². The Balaban J connectivity index is 1.92. The van der Waals surface area contributed by atoms with E-state index < -0.39 is 0 Å². The summed E-state index contributed by atoms with van der Waals surface area (Å²) in [6.07, 6.45) is 5.50. The van der Waals surface area contributed by atoms with Gasteiger partial charge in [0, 0.05) is 27.5 Å². The predicted molar refractivity (Wildman–Crippen MR) is 85.0 cm³/mol. The first-order chi connectivity index (χ1) is 8.61. The largest absolute Gasteiger partial charge is 0.271 e. The molecule has 1 aliphatic carbocycles. The lowest BCUT2D eigenvalue weighted by Gasteiger charge is -2.40. The maximum atomic E-state index is 5.88. The van der Waals surface area contributed by atoms with Crippen LogP contribution in [0.2, 0.25) is 0 Å². The molecule has 3 N–H and O–H groups in total. The van der Waals surface area contributed by atoms with Crippen molar-refractivity contribution in [3.8, 4) is 0 Å². The molecule has 2 fully saturated rings. The molecule has 0 radical (unpaired) electrons. The van der Waals surface area contributed by atoms with Gasteiger partial charge < -0.3 is 0 Å². The van der Waals surface area contributed by atoms with Crippen LogP contribution < -0.4 is 11.3 Å². The van der Waals surface area contributed by atoms with Gasteiger partial charge >= 0.3 is 0 Å². The second-order valence-corrected chi connectivity index (χ2v) is 9.16. The second kappa shape index (κ2) is 6.87. The smallest absolute Gasteiger partial charge is 0.0365 e. The number of hydrazine groups is 1. The quantitative estimate of drug-likeness (QED) is 0.617.